The van der Waals surface area contributed by atoms with Gasteiger partial charge >= 0.3 is 0 Å². The molecule has 1 N–H and O–H groups in total. The van der Waals surface area contributed by atoms with Crippen LogP contribution in [0.15, 0.2) is 30.3 Å². The van der Waals surface area contributed by atoms with E-state index in [1.807, 2.05) is 6.07 Å². The van der Waals surface area contributed by atoms with Gasteiger partial charge in [0.15, 0.2) is 0 Å². The van der Waals surface area contributed by atoms with Crippen molar-refractivity contribution in [2.75, 3.05) is 6.54 Å². The molecule has 1 atom stereocenters. The van der Waals surface area contributed by atoms with Crippen molar-refractivity contribution in [2.24, 2.45) is 0 Å². The summed E-state index contributed by atoms with van der Waals surface area (Å²) in [6.45, 7) is 7.41. The molecule has 1 aromatic heterocycles. The van der Waals surface area contributed by atoms with E-state index < -0.39 is 0 Å². The van der Waals surface area contributed by atoms with E-state index in [1.54, 1.807) is 11.3 Å². The lowest BCUT2D eigenvalue weighted by atomic mass is 9.96. The Balaban J connectivity index is 2.44. The molecule has 18 heavy (non-hydrogen) atoms. The molecular formula is C15H18ClNS. The van der Waals surface area contributed by atoms with Crippen LogP contribution in [-0.4, -0.2) is 6.54 Å². The van der Waals surface area contributed by atoms with Gasteiger partial charge in [0.25, 0.3) is 0 Å². The third-order valence-electron chi connectivity index (χ3n) is 3.24. The van der Waals surface area contributed by atoms with Crippen LogP contribution < -0.4 is 5.32 Å². The number of benzene rings is 1. The lowest BCUT2D eigenvalue weighted by Crippen LogP contribution is -2.22. The maximum atomic E-state index is 6.05. The second-order valence-electron chi connectivity index (χ2n) is 4.42. The number of hydrogen-bond acceptors (Lipinski definition) is 2. The van der Waals surface area contributed by atoms with Crippen molar-refractivity contribution in [1.82, 2.24) is 5.32 Å². The molecule has 0 aliphatic rings. The second kappa shape index (κ2) is 5.87. The maximum Gasteiger partial charge on any atom is 0.0931 e. The van der Waals surface area contributed by atoms with Gasteiger partial charge in [0.2, 0.25) is 0 Å². The Labute approximate surface area is 118 Å². The molecule has 0 saturated carbocycles. The van der Waals surface area contributed by atoms with Crippen molar-refractivity contribution in [3.63, 3.8) is 0 Å². The van der Waals surface area contributed by atoms with E-state index in [0.717, 1.165) is 10.9 Å². The van der Waals surface area contributed by atoms with Crippen molar-refractivity contribution < 1.29 is 0 Å². The molecule has 0 aliphatic heterocycles. The molecule has 1 heterocycles. The molecule has 96 valence electrons. The summed E-state index contributed by atoms with van der Waals surface area (Å²) in [4.78, 5) is 1.27. The number of rotatable bonds is 4. The van der Waals surface area contributed by atoms with Crippen LogP contribution in [0.25, 0.3) is 0 Å². The average Bonchev–Trinajstić information content (AvgIpc) is 2.77. The number of thiophene rings is 1. The Bertz CT molecular complexity index is 533. The van der Waals surface area contributed by atoms with E-state index in [9.17, 15) is 0 Å². The van der Waals surface area contributed by atoms with E-state index in [1.165, 1.54) is 21.6 Å². The fraction of sp³-hybridized carbons (Fsp3) is 0.333. The van der Waals surface area contributed by atoms with Gasteiger partial charge in [-0.1, -0.05) is 36.7 Å². The number of hydrogen-bond donors (Lipinski definition) is 1. The van der Waals surface area contributed by atoms with Crippen molar-refractivity contribution >= 4 is 22.9 Å². The molecule has 1 unspecified atom stereocenters. The molecule has 2 rings (SSSR count). The third kappa shape index (κ3) is 2.77. The van der Waals surface area contributed by atoms with Gasteiger partial charge in [0.05, 0.1) is 10.4 Å². The topological polar surface area (TPSA) is 12.0 Å². The Morgan fingerprint density at radius 2 is 2.00 bits per heavy atom. The summed E-state index contributed by atoms with van der Waals surface area (Å²) in [5.41, 5.74) is 4.03. The SMILES string of the molecule is CCNC(c1ccc(Cl)s1)c1cccc(C)c1C. The molecule has 0 spiro atoms. The smallest absolute Gasteiger partial charge is 0.0931 e. The first-order valence-corrected chi connectivity index (χ1v) is 7.37. The minimum absolute atomic E-state index is 0.243. The van der Waals surface area contributed by atoms with E-state index in [0.29, 0.717) is 0 Å². The van der Waals surface area contributed by atoms with Gasteiger partial charge in [-0.25, -0.2) is 0 Å². The van der Waals surface area contributed by atoms with Gasteiger partial charge in [-0.2, -0.15) is 0 Å². The van der Waals surface area contributed by atoms with Crippen LogP contribution in [0.2, 0.25) is 4.34 Å². The lowest BCUT2D eigenvalue weighted by Gasteiger charge is -2.20. The third-order valence-corrected chi connectivity index (χ3v) is 4.54. The highest BCUT2D eigenvalue weighted by Crippen LogP contribution is 2.33. The maximum absolute atomic E-state index is 6.05. The molecule has 0 aliphatic carbocycles. The Morgan fingerprint density at radius 3 is 2.61 bits per heavy atom. The van der Waals surface area contributed by atoms with Gasteiger partial charge in [0.1, 0.15) is 0 Å². The van der Waals surface area contributed by atoms with Crippen LogP contribution in [0, 0.1) is 13.8 Å². The number of halogens is 1. The largest absolute Gasteiger partial charge is 0.306 e. The summed E-state index contributed by atoms with van der Waals surface area (Å²) in [6.07, 6.45) is 0. The van der Waals surface area contributed by atoms with Gasteiger partial charge in [-0.05, 0) is 49.2 Å². The summed E-state index contributed by atoms with van der Waals surface area (Å²) in [5, 5.41) is 3.55. The molecule has 1 aromatic carbocycles. The highest BCUT2D eigenvalue weighted by atomic mass is 35.5. The van der Waals surface area contributed by atoms with E-state index >= 15 is 0 Å². The van der Waals surface area contributed by atoms with Crippen LogP contribution in [-0.2, 0) is 0 Å². The van der Waals surface area contributed by atoms with E-state index in [-0.39, 0.29) is 6.04 Å². The minimum atomic E-state index is 0.243. The minimum Gasteiger partial charge on any atom is -0.306 e. The fourth-order valence-corrected chi connectivity index (χ4v) is 3.29. The first-order chi connectivity index (χ1) is 8.63. The van der Waals surface area contributed by atoms with Gasteiger partial charge in [0, 0.05) is 4.88 Å². The first kappa shape index (κ1) is 13.6. The molecular weight excluding hydrogens is 262 g/mol. The van der Waals surface area contributed by atoms with Crippen LogP contribution >= 0.6 is 22.9 Å². The fourth-order valence-electron chi connectivity index (χ4n) is 2.14. The monoisotopic (exact) mass is 279 g/mol. The zero-order valence-electron chi connectivity index (χ0n) is 11.0. The summed E-state index contributed by atoms with van der Waals surface area (Å²) < 4.78 is 0.846. The molecule has 0 fully saturated rings. The summed E-state index contributed by atoms with van der Waals surface area (Å²) >= 11 is 7.70. The standard InChI is InChI=1S/C15H18ClNS/c1-4-17-15(13-8-9-14(16)18-13)12-7-5-6-10(2)11(12)3/h5-9,15,17H,4H2,1-3H3. The normalized spacial score (nSPS) is 12.7. The van der Waals surface area contributed by atoms with E-state index in [2.05, 4.69) is 50.4 Å². The van der Waals surface area contributed by atoms with Crippen molar-refractivity contribution in [2.45, 2.75) is 26.8 Å². The van der Waals surface area contributed by atoms with Crippen LogP contribution in [0.4, 0.5) is 0 Å². The molecule has 3 heteroatoms. The lowest BCUT2D eigenvalue weighted by molar-refractivity contribution is 0.636. The predicted molar refractivity (Wildman–Crippen MR) is 80.8 cm³/mol. The van der Waals surface area contributed by atoms with Crippen molar-refractivity contribution in [3.8, 4) is 0 Å². The Kier molecular flexibility index (Phi) is 4.44. The van der Waals surface area contributed by atoms with Crippen LogP contribution in [0.1, 0.15) is 34.5 Å². The second-order valence-corrected chi connectivity index (χ2v) is 6.17. The van der Waals surface area contributed by atoms with Crippen LogP contribution in [0.3, 0.4) is 0 Å². The van der Waals surface area contributed by atoms with Gasteiger partial charge < -0.3 is 5.32 Å². The van der Waals surface area contributed by atoms with E-state index in [4.69, 9.17) is 11.6 Å². The van der Waals surface area contributed by atoms with Gasteiger partial charge in [-0.3, -0.25) is 0 Å². The van der Waals surface area contributed by atoms with Crippen molar-refractivity contribution in [1.29, 1.82) is 0 Å². The molecule has 0 amide bonds. The number of aryl methyl sites for hydroxylation is 1. The highest BCUT2D eigenvalue weighted by molar-refractivity contribution is 7.16. The molecule has 1 nitrogen and oxygen atoms in total. The highest BCUT2D eigenvalue weighted by Gasteiger charge is 2.17. The number of nitrogens with one attached hydrogen (secondary N) is 1. The Hall–Kier alpha value is -0.830. The molecule has 0 bridgehead atoms. The predicted octanol–water partition coefficient (Wildman–Crippen LogP) is 4.72. The quantitative estimate of drug-likeness (QED) is 0.854. The Morgan fingerprint density at radius 1 is 1.22 bits per heavy atom. The summed E-state index contributed by atoms with van der Waals surface area (Å²) in [5.74, 6) is 0. The van der Waals surface area contributed by atoms with Crippen LogP contribution in [0.5, 0.6) is 0 Å². The first-order valence-electron chi connectivity index (χ1n) is 6.18. The summed E-state index contributed by atoms with van der Waals surface area (Å²) in [7, 11) is 0. The molecule has 0 saturated heterocycles. The zero-order chi connectivity index (χ0) is 13.1. The summed E-state index contributed by atoms with van der Waals surface area (Å²) in [6, 6.07) is 10.8. The van der Waals surface area contributed by atoms with Crippen molar-refractivity contribution in [3.05, 3.63) is 56.2 Å². The molecule has 2 aromatic rings. The molecule has 0 radical (unpaired) electrons. The average molecular weight is 280 g/mol. The van der Waals surface area contributed by atoms with Gasteiger partial charge in [-0.15, -0.1) is 11.3 Å². The zero-order valence-corrected chi connectivity index (χ0v) is 12.5.